The molecule has 2 rings (SSSR count). The molecular weight excluding hydrogens is 331 g/mol. The molecule has 13 heavy (non-hydrogen) atoms. The first-order valence-electron chi connectivity index (χ1n) is 3.66. The molecule has 0 aliphatic heterocycles. The third-order valence-corrected chi connectivity index (χ3v) is 5.31. The summed E-state index contributed by atoms with van der Waals surface area (Å²) >= 11 is 10.4. The fourth-order valence-electron chi connectivity index (χ4n) is 1.25. The van der Waals surface area contributed by atoms with Gasteiger partial charge in [-0.3, -0.25) is 0 Å². The van der Waals surface area contributed by atoms with Crippen LogP contribution < -0.4 is 0 Å². The molecule has 0 radical (unpaired) electrons. The molecule has 1 heterocycles. The average molecular weight is 338 g/mol. The summed E-state index contributed by atoms with van der Waals surface area (Å²) in [6.07, 6.45) is 2.12. The Bertz CT molecular complexity index is 447. The highest BCUT2D eigenvalue weighted by molar-refractivity contribution is 14.1. The normalized spacial score (nSPS) is 11.0. The van der Waals surface area contributed by atoms with Crippen LogP contribution in [-0.2, 0) is 0 Å². The molecule has 0 nitrogen and oxygen atoms in total. The molecule has 0 fully saturated rings. The van der Waals surface area contributed by atoms with Crippen molar-refractivity contribution in [3.8, 4) is 0 Å². The molecule has 0 aliphatic carbocycles. The molecule has 4 heteroatoms. The summed E-state index contributed by atoms with van der Waals surface area (Å²) in [5.74, 6) is 0. The van der Waals surface area contributed by atoms with Crippen molar-refractivity contribution in [3.05, 3.63) is 21.1 Å². The van der Waals surface area contributed by atoms with Gasteiger partial charge < -0.3 is 0 Å². The van der Waals surface area contributed by atoms with Crippen molar-refractivity contribution < 1.29 is 0 Å². The zero-order chi connectivity index (χ0) is 9.42. The first kappa shape index (κ1) is 10.1. The van der Waals surface area contributed by atoms with Crippen LogP contribution in [-0.4, -0.2) is 6.26 Å². The van der Waals surface area contributed by atoms with Crippen LogP contribution in [0.3, 0.4) is 0 Å². The molecule has 0 bridgehead atoms. The molecule has 2 aromatic rings. The van der Waals surface area contributed by atoms with E-state index in [0.717, 1.165) is 4.90 Å². The topological polar surface area (TPSA) is 0 Å². The number of rotatable bonds is 1. The largest absolute Gasteiger partial charge is 0.143 e. The Labute approximate surface area is 105 Å². The van der Waals surface area contributed by atoms with Crippen molar-refractivity contribution >= 4 is 68.4 Å². The Morgan fingerprint density at radius 3 is 3.00 bits per heavy atom. The van der Waals surface area contributed by atoms with Gasteiger partial charge in [-0.1, -0.05) is 0 Å². The maximum absolute atomic E-state index is 4.46. The van der Waals surface area contributed by atoms with Crippen LogP contribution in [0.15, 0.2) is 27.3 Å². The van der Waals surface area contributed by atoms with E-state index in [1.807, 2.05) is 11.8 Å². The second kappa shape index (κ2) is 4.00. The van der Waals surface area contributed by atoms with Gasteiger partial charge in [-0.25, -0.2) is 0 Å². The van der Waals surface area contributed by atoms with Gasteiger partial charge in [0, 0.05) is 23.4 Å². The predicted octanol–water partition coefficient (Wildman–Crippen LogP) is 4.52. The highest BCUT2D eigenvalue weighted by Gasteiger charge is 2.08. The summed E-state index contributed by atoms with van der Waals surface area (Å²) in [5, 5.41) is 3.40. The van der Waals surface area contributed by atoms with Gasteiger partial charge >= 0.3 is 0 Å². The molecule has 1 aromatic carbocycles. The zero-order valence-corrected chi connectivity index (χ0v) is 11.6. The first-order valence-corrected chi connectivity index (χ1v) is 7.29. The summed E-state index contributed by atoms with van der Waals surface area (Å²) in [4.78, 5) is 2.46. The van der Waals surface area contributed by atoms with Crippen LogP contribution in [0.5, 0.6) is 0 Å². The third-order valence-electron chi connectivity index (χ3n) is 1.83. The highest BCUT2D eigenvalue weighted by Crippen LogP contribution is 2.37. The Kier molecular flexibility index (Phi) is 3.12. The minimum atomic E-state index is 1.08. The van der Waals surface area contributed by atoms with E-state index in [0.29, 0.717) is 0 Å². The van der Waals surface area contributed by atoms with Gasteiger partial charge in [-0.05, 0) is 46.4 Å². The van der Waals surface area contributed by atoms with E-state index in [9.17, 15) is 0 Å². The van der Waals surface area contributed by atoms with Crippen LogP contribution in [0.2, 0.25) is 0 Å². The van der Waals surface area contributed by atoms with Crippen molar-refractivity contribution in [2.75, 3.05) is 6.26 Å². The summed E-state index contributed by atoms with van der Waals surface area (Å²) in [6.45, 7) is 0. The first-order chi connectivity index (χ1) is 6.24. The molecule has 1 aromatic heterocycles. The van der Waals surface area contributed by atoms with Crippen LogP contribution in [0.4, 0.5) is 0 Å². The standard InChI is InChI=1S/C9H7IS3/c1-12-9-6(10)4-7(11)5-2-3-13-8(5)9/h2-4,11H,1H3. The molecule has 0 saturated heterocycles. The van der Waals surface area contributed by atoms with Gasteiger partial charge in [-0.15, -0.1) is 35.7 Å². The Balaban J connectivity index is 2.88. The fraction of sp³-hybridized carbons (Fsp3) is 0.111. The molecule has 0 spiro atoms. The minimum Gasteiger partial charge on any atom is -0.143 e. The molecule has 0 unspecified atom stereocenters. The molecule has 0 atom stereocenters. The van der Waals surface area contributed by atoms with E-state index in [1.165, 1.54) is 18.6 Å². The lowest BCUT2D eigenvalue weighted by atomic mass is 10.3. The van der Waals surface area contributed by atoms with E-state index < -0.39 is 0 Å². The smallest absolute Gasteiger partial charge is 0.0500 e. The molecular formula is C9H7IS3. The number of benzene rings is 1. The van der Waals surface area contributed by atoms with Gasteiger partial charge in [0.05, 0.1) is 0 Å². The fourth-order valence-corrected chi connectivity index (χ4v) is 5.12. The number of hydrogen-bond donors (Lipinski definition) is 1. The predicted molar refractivity (Wildman–Crippen MR) is 73.6 cm³/mol. The number of thiophene rings is 1. The van der Waals surface area contributed by atoms with Crippen molar-refractivity contribution in [2.24, 2.45) is 0 Å². The van der Waals surface area contributed by atoms with Gasteiger partial charge in [-0.2, -0.15) is 0 Å². The Morgan fingerprint density at radius 2 is 2.31 bits per heavy atom. The lowest BCUT2D eigenvalue weighted by Crippen LogP contribution is -1.79. The van der Waals surface area contributed by atoms with E-state index in [-0.39, 0.29) is 0 Å². The second-order valence-corrected chi connectivity index (χ2v) is 5.95. The monoisotopic (exact) mass is 338 g/mol. The average Bonchev–Trinajstić information content (AvgIpc) is 2.53. The van der Waals surface area contributed by atoms with E-state index in [2.05, 4.69) is 59.0 Å². The van der Waals surface area contributed by atoms with Crippen LogP contribution in [0, 0.1) is 3.57 Å². The molecule has 68 valence electrons. The quantitative estimate of drug-likeness (QED) is 0.453. The Morgan fingerprint density at radius 1 is 1.54 bits per heavy atom. The van der Waals surface area contributed by atoms with Crippen LogP contribution >= 0.6 is 58.3 Å². The van der Waals surface area contributed by atoms with Gasteiger partial charge in [0.15, 0.2) is 0 Å². The minimum absolute atomic E-state index is 1.08. The van der Waals surface area contributed by atoms with Crippen molar-refractivity contribution in [3.63, 3.8) is 0 Å². The van der Waals surface area contributed by atoms with Gasteiger partial charge in [0.25, 0.3) is 0 Å². The molecule has 0 amide bonds. The summed E-state index contributed by atoms with van der Waals surface area (Å²) in [7, 11) is 0. The maximum Gasteiger partial charge on any atom is 0.0500 e. The van der Waals surface area contributed by atoms with Crippen molar-refractivity contribution in [1.29, 1.82) is 0 Å². The maximum atomic E-state index is 4.46. The lowest BCUT2D eigenvalue weighted by molar-refractivity contribution is 1.43. The van der Waals surface area contributed by atoms with Crippen molar-refractivity contribution in [2.45, 2.75) is 9.79 Å². The van der Waals surface area contributed by atoms with Gasteiger partial charge in [0.2, 0.25) is 0 Å². The summed E-state index contributed by atoms with van der Waals surface area (Å²) < 4.78 is 2.66. The number of thioether (sulfide) groups is 1. The van der Waals surface area contributed by atoms with E-state index >= 15 is 0 Å². The number of fused-ring (bicyclic) bond motifs is 1. The number of halogens is 1. The molecule has 0 N–H and O–H groups in total. The second-order valence-electron chi connectivity index (χ2n) is 2.57. The molecule has 0 saturated carbocycles. The van der Waals surface area contributed by atoms with Gasteiger partial charge in [0.1, 0.15) is 0 Å². The molecule has 0 aliphatic rings. The third kappa shape index (κ3) is 1.73. The SMILES string of the molecule is CSc1c(I)cc(S)c2ccsc12. The van der Waals surface area contributed by atoms with E-state index in [4.69, 9.17) is 0 Å². The van der Waals surface area contributed by atoms with Crippen LogP contribution in [0.25, 0.3) is 10.1 Å². The van der Waals surface area contributed by atoms with Crippen molar-refractivity contribution in [1.82, 2.24) is 0 Å². The zero-order valence-electron chi connectivity index (χ0n) is 6.87. The lowest BCUT2D eigenvalue weighted by Gasteiger charge is -2.04. The summed E-state index contributed by atoms with van der Waals surface area (Å²) in [5.41, 5.74) is 0. The van der Waals surface area contributed by atoms with E-state index in [1.54, 1.807) is 11.3 Å². The van der Waals surface area contributed by atoms with Crippen LogP contribution in [0.1, 0.15) is 0 Å². The number of thiol groups is 1. The number of hydrogen-bond acceptors (Lipinski definition) is 3. The Hall–Kier alpha value is 0.610. The highest BCUT2D eigenvalue weighted by atomic mass is 127. The summed E-state index contributed by atoms with van der Waals surface area (Å²) in [6, 6.07) is 4.27.